The van der Waals surface area contributed by atoms with Gasteiger partial charge in [-0.1, -0.05) is 17.7 Å². The second-order valence-electron chi connectivity index (χ2n) is 6.65. The lowest BCUT2D eigenvalue weighted by atomic mass is 10.1. The van der Waals surface area contributed by atoms with E-state index in [1.54, 1.807) is 4.90 Å². The molecule has 1 fully saturated rings. The normalized spacial score (nSPS) is 15.8. The summed E-state index contributed by atoms with van der Waals surface area (Å²) in [4.78, 5) is 16.0. The molecule has 134 valence electrons. The Balaban J connectivity index is 1.53. The van der Waals surface area contributed by atoms with Gasteiger partial charge in [-0.2, -0.15) is 0 Å². The Kier molecular flexibility index (Phi) is 5.45. The van der Waals surface area contributed by atoms with E-state index in [2.05, 4.69) is 10.2 Å². The van der Waals surface area contributed by atoms with E-state index in [-0.39, 0.29) is 12.0 Å². The molecule has 2 heterocycles. The summed E-state index contributed by atoms with van der Waals surface area (Å²) in [7, 11) is 1.85. The zero-order valence-electron chi connectivity index (χ0n) is 14.7. The number of aromatic nitrogens is 2. The maximum Gasteiger partial charge on any atom is 0.247 e. The minimum atomic E-state index is -0.277. The van der Waals surface area contributed by atoms with Gasteiger partial charge in [0.1, 0.15) is 0 Å². The van der Waals surface area contributed by atoms with Gasteiger partial charge in [0.05, 0.1) is 19.2 Å². The van der Waals surface area contributed by atoms with E-state index in [1.807, 2.05) is 43.1 Å². The van der Waals surface area contributed by atoms with Gasteiger partial charge in [-0.3, -0.25) is 9.69 Å². The number of hydrogen-bond acceptors (Lipinski definition) is 6. The molecule has 25 heavy (non-hydrogen) atoms. The first-order valence-electron chi connectivity index (χ1n) is 8.55. The van der Waals surface area contributed by atoms with Crippen molar-refractivity contribution in [3.05, 3.63) is 35.7 Å². The van der Waals surface area contributed by atoms with Gasteiger partial charge < -0.3 is 14.4 Å². The van der Waals surface area contributed by atoms with Gasteiger partial charge in [-0.15, -0.1) is 10.2 Å². The van der Waals surface area contributed by atoms with Gasteiger partial charge in [-0.25, -0.2) is 0 Å². The van der Waals surface area contributed by atoms with E-state index in [0.717, 1.165) is 5.56 Å². The summed E-state index contributed by atoms with van der Waals surface area (Å²) in [6.07, 6.45) is 1.03. The molecule has 0 aliphatic carbocycles. The number of carbonyl (C=O) groups is 1. The van der Waals surface area contributed by atoms with E-state index >= 15 is 0 Å². The average molecular weight is 344 g/mol. The third-order valence-electron chi connectivity index (χ3n) is 4.39. The first kappa shape index (κ1) is 17.6. The van der Waals surface area contributed by atoms with Crippen molar-refractivity contribution in [1.29, 1.82) is 0 Å². The average Bonchev–Trinajstić information content (AvgIpc) is 3.04. The number of aliphatic hydroxyl groups excluding tert-OH is 1. The Labute approximate surface area is 147 Å². The highest BCUT2D eigenvalue weighted by Crippen LogP contribution is 2.18. The molecule has 1 aliphatic heterocycles. The molecular formula is C18H24N4O3. The fraction of sp³-hybridized carbons (Fsp3) is 0.500. The van der Waals surface area contributed by atoms with Crippen LogP contribution >= 0.6 is 0 Å². The van der Waals surface area contributed by atoms with Crippen LogP contribution in [0.4, 0.5) is 0 Å². The Morgan fingerprint density at radius 3 is 2.64 bits per heavy atom. The largest absolute Gasteiger partial charge is 0.419 e. The van der Waals surface area contributed by atoms with Crippen LogP contribution in [0.2, 0.25) is 0 Å². The van der Waals surface area contributed by atoms with Crippen LogP contribution in [0.25, 0.3) is 11.5 Å². The van der Waals surface area contributed by atoms with Crippen molar-refractivity contribution >= 4 is 5.91 Å². The van der Waals surface area contributed by atoms with Gasteiger partial charge in [0.25, 0.3) is 0 Å². The van der Waals surface area contributed by atoms with Crippen molar-refractivity contribution in [3.63, 3.8) is 0 Å². The summed E-state index contributed by atoms with van der Waals surface area (Å²) in [5.74, 6) is 1.03. The Morgan fingerprint density at radius 1 is 1.28 bits per heavy atom. The molecule has 0 radical (unpaired) electrons. The summed E-state index contributed by atoms with van der Waals surface area (Å²) < 4.78 is 5.70. The maximum absolute atomic E-state index is 12.3. The van der Waals surface area contributed by atoms with Crippen molar-refractivity contribution in [2.45, 2.75) is 32.4 Å². The molecule has 1 aliphatic rings. The lowest BCUT2D eigenvalue weighted by Crippen LogP contribution is -2.44. The number of carbonyl (C=O) groups excluding carboxylic acids is 1. The van der Waals surface area contributed by atoms with Crippen molar-refractivity contribution in [1.82, 2.24) is 20.0 Å². The zero-order valence-corrected chi connectivity index (χ0v) is 14.7. The molecule has 1 N–H and O–H groups in total. The van der Waals surface area contributed by atoms with Gasteiger partial charge in [0.2, 0.25) is 17.7 Å². The standard InChI is InChI=1S/C18H24N4O3/c1-13-3-5-14(6-4-13)18-20-19-16(25-18)11-21(2)12-17(24)22-9-7-15(23)8-10-22/h3-6,15,23H,7-12H2,1-2H3. The molecule has 7 heteroatoms. The number of likely N-dealkylation sites (tertiary alicyclic amines) is 1. The molecule has 7 nitrogen and oxygen atoms in total. The monoisotopic (exact) mass is 344 g/mol. The third kappa shape index (κ3) is 4.64. The van der Waals surface area contributed by atoms with Crippen molar-refractivity contribution in [2.24, 2.45) is 0 Å². The number of benzene rings is 1. The molecular weight excluding hydrogens is 320 g/mol. The van der Waals surface area contributed by atoms with Gasteiger partial charge in [0, 0.05) is 18.7 Å². The van der Waals surface area contributed by atoms with E-state index in [9.17, 15) is 9.90 Å². The molecule has 1 amide bonds. The van der Waals surface area contributed by atoms with Crippen LogP contribution in [0.5, 0.6) is 0 Å². The first-order chi connectivity index (χ1) is 12.0. The highest BCUT2D eigenvalue weighted by Gasteiger charge is 2.22. The lowest BCUT2D eigenvalue weighted by molar-refractivity contribution is -0.134. The van der Waals surface area contributed by atoms with Crippen LogP contribution in [-0.4, -0.2) is 63.8 Å². The molecule has 3 rings (SSSR count). The minimum absolute atomic E-state index is 0.0627. The van der Waals surface area contributed by atoms with Gasteiger partial charge in [-0.05, 0) is 38.9 Å². The van der Waals surface area contributed by atoms with Crippen LogP contribution in [0.15, 0.2) is 28.7 Å². The first-order valence-corrected chi connectivity index (χ1v) is 8.55. The second kappa shape index (κ2) is 7.76. The van der Waals surface area contributed by atoms with E-state index in [1.165, 1.54) is 5.56 Å². The Hall–Kier alpha value is -2.25. The molecule has 2 aromatic rings. The van der Waals surface area contributed by atoms with Crippen molar-refractivity contribution < 1.29 is 14.3 Å². The summed E-state index contributed by atoms with van der Waals surface area (Å²) in [5, 5.41) is 17.7. The SMILES string of the molecule is Cc1ccc(-c2nnc(CN(C)CC(=O)N3CCC(O)CC3)o2)cc1. The van der Waals surface area contributed by atoms with E-state index < -0.39 is 0 Å². The summed E-state index contributed by atoms with van der Waals surface area (Å²) in [5.41, 5.74) is 2.06. The molecule has 0 spiro atoms. The highest BCUT2D eigenvalue weighted by atomic mass is 16.4. The Morgan fingerprint density at radius 2 is 1.96 bits per heavy atom. The summed E-state index contributed by atoms with van der Waals surface area (Å²) in [6, 6.07) is 7.90. The van der Waals surface area contributed by atoms with Crippen LogP contribution in [0.1, 0.15) is 24.3 Å². The van der Waals surface area contributed by atoms with E-state index in [4.69, 9.17) is 4.42 Å². The second-order valence-corrected chi connectivity index (χ2v) is 6.65. The number of rotatable bonds is 5. The van der Waals surface area contributed by atoms with Gasteiger partial charge in [0.15, 0.2) is 0 Å². The number of aryl methyl sites for hydroxylation is 1. The third-order valence-corrected chi connectivity index (χ3v) is 4.39. The summed E-state index contributed by atoms with van der Waals surface area (Å²) in [6.45, 7) is 3.97. The van der Waals surface area contributed by atoms with Crippen LogP contribution < -0.4 is 0 Å². The van der Waals surface area contributed by atoms with Crippen molar-refractivity contribution in [2.75, 3.05) is 26.7 Å². The number of nitrogens with zero attached hydrogens (tertiary/aromatic N) is 4. The van der Waals surface area contributed by atoms with Crippen molar-refractivity contribution in [3.8, 4) is 11.5 Å². The molecule has 0 atom stereocenters. The fourth-order valence-corrected chi connectivity index (χ4v) is 2.86. The predicted molar refractivity (Wildman–Crippen MR) is 92.6 cm³/mol. The maximum atomic E-state index is 12.3. The highest BCUT2D eigenvalue weighted by molar-refractivity contribution is 5.78. The Bertz CT molecular complexity index is 705. The predicted octanol–water partition coefficient (Wildman–Crippen LogP) is 1.46. The zero-order chi connectivity index (χ0) is 17.8. The van der Waals surface area contributed by atoms with E-state index in [0.29, 0.717) is 50.8 Å². The lowest BCUT2D eigenvalue weighted by Gasteiger charge is -2.30. The molecule has 1 aromatic carbocycles. The quantitative estimate of drug-likeness (QED) is 0.884. The van der Waals surface area contributed by atoms with Gasteiger partial charge >= 0.3 is 0 Å². The summed E-state index contributed by atoms with van der Waals surface area (Å²) >= 11 is 0. The topological polar surface area (TPSA) is 82.7 Å². The molecule has 0 saturated carbocycles. The molecule has 1 aromatic heterocycles. The molecule has 0 unspecified atom stereocenters. The number of piperidine rings is 1. The van der Waals surface area contributed by atoms with Crippen LogP contribution in [0.3, 0.4) is 0 Å². The smallest absolute Gasteiger partial charge is 0.247 e. The van der Waals surface area contributed by atoms with Crippen LogP contribution in [-0.2, 0) is 11.3 Å². The van der Waals surface area contributed by atoms with Crippen LogP contribution in [0, 0.1) is 6.92 Å². The number of aliphatic hydroxyl groups is 1. The molecule has 0 bridgehead atoms. The number of hydrogen-bond donors (Lipinski definition) is 1. The fourth-order valence-electron chi connectivity index (χ4n) is 2.86. The minimum Gasteiger partial charge on any atom is -0.419 e. The number of amides is 1. The number of likely N-dealkylation sites (N-methyl/N-ethyl adjacent to an activating group) is 1. The molecule has 1 saturated heterocycles.